The Morgan fingerprint density at radius 2 is 1.97 bits per heavy atom. The zero-order valence-corrected chi connectivity index (χ0v) is 17.3. The molecular weight excluding hydrogens is 400 g/mol. The minimum atomic E-state index is -0.247. The molecule has 2 heterocycles. The molecule has 1 N–H and O–H groups in total. The van der Waals surface area contributed by atoms with Gasteiger partial charge in [0.15, 0.2) is 6.19 Å². The Hall–Kier alpha value is -3.04. The summed E-state index contributed by atoms with van der Waals surface area (Å²) in [7, 11) is 0. The third kappa shape index (κ3) is 4.27. The van der Waals surface area contributed by atoms with Gasteiger partial charge in [0.1, 0.15) is 6.54 Å². The number of amides is 2. The number of rotatable bonds is 6. The van der Waals surface area contributed by atoms with Gasteiger partial charge in [-0.1, -0.05) is 48.0 Å². The first kappa shape index (κ1) is 20.2. The molecule has 0 aliphatic carbocycles. The van der Waals surface area contributed by atoms with Crippen molar-refractivity contribution in [2.45, 2.75) is 43.9 Å². The molecule has 7 heteroatoms. The standard InChI is InChI=1S/C23H23ClN4O2/c24-18-8-4-7-17(11-18)23(30)27(13-16-5-2-1-3-6-16)14-22(29)26-20-12-19-9-10-21(20)28(19)15-25/h1-8,11,19-21H,9-10,12-14H2,(H,26,29)/t19-,20+,21+/m0/s1. The van der Waals surface area contributed by atoms with Crippen LogP contribution in [0.5, 0.6) is 0 Å². The van der Waals surface area contributed by atoms with Crippen LogP contribution in [0.25, 0.3) is 0 Å². The quantitative estimate of drug-likeness (QED) is 0.725. The second kappa shape index (κ2) is 8.76. The van der Waals surface area contributed by atoms with Crippen LogP contribution in [0, 0.1) is 11.5 Å². The number of hydrogen-bond acceptors (Lipinski definition) is 4. The van der Waals surface area contributed by atoms with Crippen LogP contribution in [0.2, 0.25) is 5.02 Å². The van der Waals surface area contributed by atoms with E-state index in [0.29, 0.717) is 17.1 Å². The van der Waals surface area contributed by atoms with Crippen LogP contribution in [-0.4, -0.2) is 46.3 Å². The van der Waals surface area contributed by atoms with Crippen molar-refractivity contribution in [3.63, 3.8) is 0 Å². The molecule has 0 radical (unpaired) electrons. The SMILES string of the molecule is N#CN1[C@H]2CC[C@@H]1[C@H](NC(=O)CN(Cc1ccccc1)C(=O)c1cccc(Cl)c1)C2. The van der Waals surface area contributed by atoms with E-state index < -0.39 is 0 Å². The number of carbonyl (C=O) groups excluding carboxylic acids is 2. The summed E-state index contributed by atoms with van der Waals surface area (Å²) in [6.07, 6.45) is 4.95. The summed E-state index contributed by atoms with van der Waals surface area (Å²) in [5.74, 6) is -0.458. The highest BCUT2D eigenvalue weighted by atomic mass is 35.5. The number of benzene rings is 2. The number of fused-ring (bicyclic) bond motifs is 2. The summed E-state index contributed by atoms with van der Waals surface area (Å²) in [6, 6.07) is 16.6. The van der Waals surface area contributed by atoms with Gasteiger partial charge in [-0.3, -0.25) is 9.59 Å². The summed E-state index contributed by atoms with van der Waals surface area (Å²) in [4.78, 5) is 29.3. The number of nitriles is 1. The molecule has 0 aromatic heterocycles. The van der Waals surface area contributed by atoms with Crippen LogP contribution in [0.1, 0.15) is 35.2 Å². The minimum Gasteiger partial charge on any atom is -0.350 e. The predicted octanol–water partition coefficient (Wildman–Crippen LogP) is 3.18. The van der Waals surface area contributed by atoms with Gasteiger partial charge in [0, 0.05) is 23.2 Å². The van der Waals surface area contributed by atoms with E-state index in [2.05, 4.69) is 11.5 Å². The van der Waals surface area contributed by atoms with Gasteiger partial charge < -0.3 is 15.1 Å². The van der Waals surface area contributed by atoms with Crippen LogP contribution in [-0.2, 0) is 11.3 Å². The Balaban J connectivity index is 1.47. The van der Waals surface area contributed by atoms with Crippen molar-refractivity contribution in [2.75, 3.05) is 6.54 Å². The largest absolute Gasteiger partial charge is 0.350 e. The van der Waals surface area contributed by atoms with E-state index in [-0.39, 0.29) is 36.5 Å². The van der Waals surface area contributed by atoms with E-state index in [1.807, 2.05) is 35.2 Å². The maximum atomic E-state index is 13.1. The first-order valence-electron chi connectivity index (χ1n) is 10.1. The molecule has 2 bridgehead atoms. The second-order valence-corrected chi connectivity index (χ2v) is 8.31. The predicted molar refractivity (Wildman–Crippen MR) is 113 cm³/mol. The van der Waals surface area contributed by atoms with E-state index in [0.717, 1.165) is 24.8 Å². The fourth-order valence-corrected chi connectivity index (χ4v) is 4.72. The van der Waals surface area contributed by atoms with E-state index >= 15 is 0 Å². The lowest BCUT2D eigenvalue weighted by Crippen LogP contribution is -2.48. The van der Waals surface area contributed by atoms with Crippen LogP contribution in [0.15, 0.2) is 54.6 Å². The molecule has 2 amide bonds. The highest BCUT2D eigenvalue weighted by Gasteiger charge is 2.46. The van der Waals surface area contributed by atoms with Gasteiger partial charge in [-0.25, -0.2) is 0 Å². The van der Waals surface area contributed by atoms with Crippen LogP contribution < -0.4 is 5.32 Å². The fourth-order valence-electron chi connectivity index (χ4n) is 4.53. The Kier molecular flexibility index (Phi) is 5.91. The van der Waals surface area contributed by atoms with Crippen molar-refractivity contribution in [1.82, 2.24) is 15.1 Å². The molecule has 3 atom stereocenters. The van der Waals surface area contributed by atoms with Crippen molar-refractivity contribution in [1.29, 1.82) is 5.26 Å². The summed E-state index contributed by atoms with van der Waals surface area (Å²) >= 11 is 6.06. The molecule has 4 rings (SSSR count). The zero-order valence-electron chi connectivity index (χ0n) is 16.5. The fraction of sp³-hybridized carbons (Fsp3) is 0.348. The molecule has 2 aliphatic rings. The molecule has 0 spiro atoms. The summed E-state index contributed by atoms with van der Waals surface area (Å²) < 4.78 is 0. The Morgan fingerprint density at radius 1 is 1.17 bits per heavy atom. The zero-order chi connectivity index (χ0) is 21.1. The number of halogens is 1. The normalized spacial score (nSPS) is 21.9. The summed E-state index contributed by atoms with van der Waals surface area (Å²) in [5, 5.41) is 12.9. The highest BCUT2D eigenvalue weighted by Crippen LogP contribution is 2.36. The van der Waals surface area contributed by atoms with Crippen molar-refractivity contribution < 1.29 is 9.59 Å². The third-order valence-electron chi connectivity index (χ3n) is 5.91. The lowest BCUT2D eigenvalue weighted by molar-refractivity contribution is -0.122. The lowest BCUT2D eigenvalue weighted by atomic mass is 9.95. The van der Waals surface area contributed by atoms with Crippen molar-refractivity contribution in [2.24, 2.45) is 0 Å². The van der Waals surface area contributed by atoms with Gasteiger partial charge in [-0.2, -0.15) is 5.26 Å². The van der Waals surface area contributed by atoms with E-state index in [4.69, 9.17) is 11.6 Å². The van der Waals surface area contributed by atoms with Crippen LogP contribution >= 0.6 is 11.6 Å². The number of hydrogen-bond donors (Lipinski definition) is 1. The second-order valence-electron chi connectivity index (χ2n) is 7.87. The summed E-state index contributed by atoms with van der Waals surface area (Å²) in [5.41, 5.74) is 1.39. The lowest BCUT2D eigenvalue weighted by Gasteiger charge is -2.26. The first-order chi connectivity index (χ1) is 14.5. The van der Waals surface area contributed by atoms with Gasteiger partial charge in [-0.15, -0.1) is 0 Å². The molecule has 2 aliphatic heterocycles. The molecular formula is C23H23ClN4O2. The van der Waals surface area contributed by atoms with Gasteiger partial charge in [0.05, 0.1) is 12.1 Å². The molecule has 2 aromatic carbocycles. The topological polar surface area (TPSA) is 76.4 Å². The average Bonchev–Trinajstić information content (AvgIpc) is 3.30. The number of carbonyl (C=O) groups is 2. The van der Waals surface area contributed by atoms with Crippen molar-refractivity contribution in [3.05, 3.63) is 70.7 Å². The van der Waals surface area contributed by atoms with Gasteiger partial charge >= 0.3 is 0 Å². The molecule has 0 unspecified atom stereocenters. The molecule has 2 aromatic rings. The Bertz CT molecular complexity index is 975. The Labute approximate surface area is 181 Å². The molecule has 2 fully saturated rings. The van der Waals surface area contributed by atoms with Crippen molar-refractivity contribution in [3.8, 4) is 6.19 Å². The van der Waals surface area contributed by atoms with Gasteiger partial charge in [0.2, 0.25) is 5.91 Å². The maximum Gasteiger partial charge on any atom is 0.254 e. The molecule has 6 nitrogen and oxygen atoms in total. The average molecular weight is 423 g/mol. The molecule has 0 saturated carbocycles. The number of nitrogens with one attached hydrogen (secondary N) is 1. The smallest absolute Gasteiger partial charge is 0.254 e. The Morgan fingerprint density at radius 3 is 2.67 bits per heavy atom. The summed E-state index contributed by atoms with van der Waals surface area (Å²) in [6.45, 7) is 0.265. The number of nitrogens with zero attached hydrogens (tertiary/aromatic N) is 3. The third-order valence-corrected chi connectivity index (χ3v) is 6.14. The highest BCUT2D eigenvalue weighted by molar-refractivity contribution is 6.31. The maximum absolute atomic E-state index is 13.1. The molecule has 30 heavy (non-hydrogen) atoms. The van der Waals surface area contributed by atoms with Gasteiger partial charge in [-0.05, 0) is 43.0 Å². The van der Waals surface area contributed by atoms with E-state index in [1.54, 1.807) is 24.3 Å². The van der Waals surface area contributed by atoms with Gasteiger partial charge in [0.25, 0.3) is 5.91 Å². The monoisotopic (exact) mass is 422 g/mol. The van der Waals surface area contributed by atoms with E-state index in [9.17, 15) is 14.9 Å². The molecule has 2 saturated heterocycles. The van der Waals surface area contributed by atoms with Crippen molar-refractivity contribution >= 4 is 23.4 Å². The van der Waals surface area contributed by atoms with Crippen LogP contribution in [0.3, 0.4) is 0 Å². The van der Waals surface area contributed by atoms with Crippen LogP contribution in [0.4, 0.5) is 0 Å². The van der Waals surface area contributed by atoms with E-state index in [1.165, 1.54) is 4.90 Å². The minimum absolute atomic E-state index is 0.0456. The molecule has 154 valence electrons. The first-order valence-corrected chi connectivity index (χ1v) is 10.5.